The molecule has 0 radical (unpaired) electrons. The minimum Gasteiger partial charge on any atom is -0.480 e. The number of carboxylic acid groups (broad SMARTS) is 1. The van der Waals surface area contributed by atoms with Gasteiger partial charge in [-0.2, -0.15) is 0 Å². The van der Waals surface area contributed by atoms with E-state index in [4.69, 9.17) is 9.84 Å². The second kappa shape index (κ2) is 29.4. The van der Waals surface area contributed by atoms with Gasteiger partial charge in [-0.05, 0) is 38.5 Å². The van der Waals surface area contributed by atoms with Crippen LogP contribution in [0.2, 0.25) is 0 Å². The quantitative estimate of drug-likeness (QED) is 0.0683. The van der Waals surface area contributed by atoms with Crippen molar-refractivity contribution in [1.82, 2.24) is 5.32 Å². The molecule has 0 aliphatic carbocycles. The topological polar surface area (TPSA) is 92.7 Å². The predicted octanol–water partition coefficient (Wildman–Crippen LogP) is 9.28. The van der Waals surface area contributed by atoms with E-state index in [1.807, 2.05) is 0 Å². The van der Waals surface area contributed by atoms with Crippen LogP contribution in [0.3, 0.4) is 0 Å². The zero-order chi connectivity index (χ0) is 28.8. The summed E-state index contributed by atoms with van der Waals surface area (Å²) in [5.41, 5.74) is 0. The van der Waals surface area contributed by atoms with E-state index in [9.17, 15) is 14.4 Å². The molecule has 2 N–H and O–H groups in total. The van der Waals surface area contributed by atoms with Crippen molar-refractivity contribution >= 4 is 17.8 Å². The van der Waals surface area contributed by atoms with Crippen LogP contribution < -0.4 is 5.32 Å². The van der Waals surface area contributed by atoms with Gasteiger partial charge in [0.15, 0.2) is 0 Å². The van der Waals surface area contributed by atoms with Crippen molar-refractivity contribution in [2.24, 2.45) is 0 Å². The first-order chi connectivity index (χ1) is 19.0. The van der Waals surface area contributed by atoms with Gasteiger partial charge >= 0.3 is 11.9 Å². The highest BCUT2D eigenvalue weighted by atomic mass is 16.5. The molecule has 1 unspecified atom stereocenters. The smallest absolute Gasteiger partial charge is 0.322 e. The lowest BCUT2D eigenvalue weighted by molar-refractivity contribution is -0.150. The van der Waals surface area contributed by atoms with Crippen LogP contribution in [0, 0.1) is 0 Å². The minimum absolute atomic E-state index is 0.0217. The van der Waals surface area contributed by atoms with E-state index >= 15 is 0 Å². The second-order valence-electron chi connectivity index (χ2n) is 11.4. The molecule has 0 saturated heterocycles. The fourth-order valence-electron chi connectivity index (χ4n) is 5.04. The number of esters is 1. The van der Waals surface area contributed by atoms with Crippen LogP contribution in [0.25, 0.3) is 0 Å². The summed E-state index contributed by atoms with van der Waals surface area (Å²) in [5, 5.41) is 11.0. The summed E-state index contributed by atoms with van der Waals surface area (Å²) in [6, 6.07) is 0. The van der Waals surface area contributed by atoms with E-state index in [-0.39, 0.29) is 24.5 Å². The Labute approximate surface area is 240 Å². The molecular weight excluding hydrogens is 490 g/mol. The lowest BCUT2D eigenvalue weighted by Crippen LogP contribution is -2.28. The molecular formula is C33H63NO5. The summed E-state index contributed by atoms with van der Waals surface area (Å²) in [6.07, 6.45) is 29.5. The molecule has 0 spiro atoms. The van der Waals surface area contributed by atoms with Crippen LogP contribution in [0.5, 0.6) is 0 Å². The molecule has 0 aromatic carbocycles. The molecule has 39 heavy (non-hydrogen) atoms. The number of rotatable bonds is 30. The molecule has 0 aromatic rings. The first-order valence-corrected chi connectivity index (χ1v) is 16.7. The Bertz CT molecular complexity index is 580. The van der Waals surface area contributed by atoms with Crippen molar-refractivity contribution in [2.75, 3.05) is 6.54 Å². The number of carbonyl (C=O) groups excluding carboxylic acids is 2. The summed E-state index contributed by atoms with van der Waals surface area (Å²) in [6.45, 7) is 4.14. The molecule has 0 heterocycles. The summed E-state index contributed by atoms with van der Waals surface area (Å²) in [7, 11) is 0. The highest BCUT2D eigenvalue weighted by Gasteiger charge is 2.14. The van der Waals surface area contributed by atoms with E-state index in [1.165, 1.54) is 103 Å². The molecule has 230 valence electrons. The number of hydrogen-bond acceptors (Lipinski definition) is 4. The fourth-order valence-corrected chi connectivity index (χ4v) is 5.04. The van der Waals surface area contributed by atoms with Gasteiger partial charge in [-0.3, -0.25) is 14.4 Å². The van der Waals surface area contributed by atoms with Crippen LogP contribution >= 0.6 is 0 Å². The number of nitrogens with one attached hydrogen (secondary N) is 1. The maximum Gasteiger partial charge on any atom is 0.322 e. The molecule has 6 heteroatoms. The SMILES string of the molecule is CCCCCCCCCCCCCCCCCC(=O)OC(CCCCCC)CCCCCC(=O)NCC(=O)O. The molecule has 0 saturated carbocycles. The zero-order valence-corrected chi connectivity index (χ0v) is 25.7. The van der Waals surface area contributed by atoms with Crippen molar-refractivity contribution in [2.45, 2.75) is 187 Å². The number of aliphatic carboxylic acids is 1. The monoisotopic (exact) mass is 553 g/mol. The fraction of sp³-hybridized carbons (Fsp3) is 0.909. The third-order valence-corrected chi connectivity index (χ3v) is 7.53. The molecule has 0 aliphatic rings. The maximum absolute atomic E-state index is 12.5. The average molecular weight is 554 g/mol. The van der Waals surface area contributed by atoms with Gasteiger partial charge in [0.05, 0.1) is 0 Å². The van der Waals surface area contributed by atoms with E-state index in [0.29, 0.717) is 12.8 Å². The van der Waals surface area contributed by atoms with Gasteiger partial charge < -0.3 is 15.2 Å². The highest BCUT2D eigenvalue weighted by molar-refractivity contribution is 5.80. The number of carbonyl (C=O) groups is 3. The number of unbranched alkanes of at least 4 members (excludes halogenated alkanes) is 19. The maximum atomic E-state index is 12.5. The van der Waals surface area contributed by atoms with Crippen LogP contribution in [0.15, 0.2) is 0 Å². The first kappa shape index (κ1) is 37.4. The lowest BCUT2D eigenvalue weighted by Gasteiger charge is -2.18. The van der Waals surface area contributed by atoms with E-state index in [1.54, 1.807) is 0 Å². The summed E-state index contributed by atoms with van der Waals surface area (Å²) >= 11 is 0. The van der Waals surface area contributed by atoms with Crippen molar-refractivity contribution in [3.8, 4) is 0 Å². The summed E-state index contributed by atoms with van der Waals surface area (Å²) in [4.78, 5) is 34.6. The van der Waals surface area contributed by atoms with Gasteiger partial charge in [-0.25, -0.2) is 0 Å². The molecule has 0 aliphatic heterocycles. The van der Waals surface area contributed by atoms with Crippen LogP contribution in [0.4, 0.5) is 0 Å². The standard InChI is InChI=1S/C33H63NO5/c1-3-5-7-9-10-11-12-13-14-15-16-17-18-19-24-28-33(38)39-30(25-21-8-6-4-2)26-22-20-23-27-31(35)34-29-32(36)37/h30H,3-29H2,1-2H3,(H,34,35)(H,36,37). The molecule has 6 nitrogen and oxygen atoms in total. The Morgan fingerprint density at radius 3 is 1.41 bits per heavy atom. The van der Waals surface area contributed by atoms with Crippen molar-refractivity contribution in [1.29, 1.82) is 0 Å². The normalized spacial score (nSPS) is 11.8. The number of amides is 1. The van der Waals surface area contributed by atoms with Gasteiger partial charge in [0.25, 0.3) is 0 Å². The third kappa shape index (κ3) is 29.2. The largest absolute Gasteiger partial charge is 0.480 e. The zero-order valence-electron chi connectivity index (χ0n) is 25.7. The van der Waals surface area contributed by atoms with Gasteiger partial charge in [0.1, 0.15) is 12.6 Å². The number of carboxylic acids is 1. The Morgan fingerprint density at radius 1 is 0.564 bits per heavy atom. The molecule has 0 rings (SSSR count). The van der Waals surface area contributed by atoms with Gasteiger partial charge in [0, 0.05) is 12.8 Å². The molecule has 0 fully saturated rings. The molecule has 1 amide bonds. The Balaban J connectivity index is 3.85. The second-order valence-corrected chi connectivity index (χ2v) is 11.4. The van der Waals surface area contributed by atoms with Crippen molar-refractivity contribution < 1.29 is 24.2 Å². The summed E-state index contributed by atoms with van der Waals surface area (Å²) < 4.78 is 5.86. The minimum atomic E-state index is -1.03. The first-order valence-electron chi connectivity index (χ1n) is 16.7. The Hall–Kier alpha value is -1.59. The van der Waals surface area contributed by atoms with Crippen LogP contribution in [-0.4, -0.2) is 35.6 Å². The lowest BCUT2D eigenvalue weighted by atomic mass is 10.0. The van der Waals surface area contributed by atoms with Gasteiger partial charge in [-0.15, -0.1) is 0 Å². The molecule has 1 atom stereocenters. The van der Waals surface area contributed by atoms with Crippen molar-refractivity contribution in [3.63, 3.8) is 0 Å². The van der Waals surface area contributed by atoms with E-state index in [0.717, 1.165) is 51.4 Å². The van der Waals surface area contributed by atoms with Gasteiger partial charge in [0.2, 0.25) is 5.91 Å². The van der Waals surface area contributed by atoms with Crippen LogP contribution in [-0.2, 0) is 19.1 Å². The molecule has 0 bridgehead atoms. The summed E-state index contributed by atoms with van der Waals surface area (Å²) in [5.74, 6) is -1.30. The third-order valence-electron chi connectivity index (χ3n) is 7.53. The Kier molecular flexibility index (Phi) is 28.2. The predicted molar refractivity (Wildman–Crippen MR) is 162 cm³/mol. The highest BCUT2D eigenvalue weighted by Crippen LogP contribution is 2.18. The van der Waals surface area contributed by atoms with E-state index in [2.05, 4.69) is 19.2 Å². The molecule has 0 aromatic heterocycles. The van der Waals surface area contributed by atoms with Gasteiger partial charge in [-0.1, -0.05) is 129 Å². The number of ether oxygens (including phenoxy) is 1. The average Bonchev–Trinajstić information content (AvgIpc) is 2.91. The Morgan fingerprint density at radius 2 is 0.949 bits per heavy atom. The van der Waals surface area contributed by atoms with Crippen LogP contribution in [0.1, 0.15) is 181 Å². The van der Waals surface area contributed by atoms with Crippen molar-refractivity contribution in [3.05, 3.63) is 0 Å². The van der Waals surface area contributed by atoms with E-state index < -0.39 is 5.97 Å². The number of hydrogen-bond donors (Lipinski definition) is 2.